The molecule has 1 fully saturated rings. The maximum Gasteiger partial charge on any atom is 0.192 e. The molecule has 1 aliphatic carbocycles. The number of allylic oxidation sites excluding steroid dienone is 2. The van der Waals surface area contributed by atoms with Crippen LogP contribution in [0.2, 0.25) is 18.1 Å². The minimum Gasteiger partial charge on any atom is -0.410 e. The van der Waals surface area contributed by atoms with E-state index in [1.807, 2.05) is 6.08 Å². The average Bonchev–Trinajstić information content (AvgIpc) is 2.60. The molecule has 0 aromatic rings. The summed E-state index contributed by atoms with van der Waals surface area (Å²) >= 11 is 0. The molecular formula is C26H48O2Si. The van der Waals surface area contributed by atoms with Crippen LogP contribution in [0.25, 0.3) is 0 Å². The highest BCUT2D eigenvalue weighted by Crippen LogP contribution is 2.44. The predicted octanol–water partition coefficient (Wildman–Crippen LogP) is 7.81. The second-order valence-electron chi connectivity index (χ2n) is 11.4. The summed E-state index contributed by atoms with van der Waals surface area (Å²) in [5, 5.41) is 0.125. The Bertz CT molecular complexity index is 582. The van der Waals surface area contributed by atoms with Crippen molar-refractivity contribution in [2.24, 2.45) is 29.6 Å². The molecule has 1 saturated carbocycles. The normalized spacial score (nSPS) is 26.5. The summed E-state index contributed by atoms with van der Waals surface area (Å²) in [4.78, 5) is 13.4. The van der Waals surface area contributed by atoms with Crippen LogP contribution in [-0.2, 0) is 9.22 Å². The Balaban J connectivity index is 3.31. The summed E-state index contributed by atoms with van der Waals surface area (Å²) < 4.78 is 7.02. The molecular weight excluding hydrogens is 372 g/mol. The molecule has 0 spiro atoms. The van der Waals surface area contributed by atoms with Gasteiger partial charge in [-0.2, -0.15) is 0 Å². The monoisotopic (exact) mass is 420 g/mol. The highest BCUT2D eigenvalue weighted by atomic mass is 28.4. The third kappa shape index (κ3) is 6.92. The molecule has 0 saturated heterocycles. The van der Waals surface area contributed by atoms with E-state index in [0.29, 0.717) is 23.5 Å². The number of Topliss-reactive ketones (excluding diaryl/α,β-unsaturated/α-hetero) is 1. The highest BCUT2D eigenvalue weighted by molar-refractivity contribution is 6.74. The number of rotatable bonds is 9. The zero-order valence-electron chi connectivity index (χ0n) is 21.0. The van der Waals surface area contributed by atoms with E-state index in [-0.39, 0.29) is 23.0 Å². The summed E-state index contributed by atoms with van der Waals surface area (Å²) in [6.07, 6.45) is 8.53. The largest absolute Gasteiger partial charge is 0.410 e. The van der Waals surface area contributed by atoms with Gasteiger partial charge in [-0.15, -0.1) is 6.58 Å². The van der Waals surface area contributed by atoms with Crippen LogP contribution in [0.5, 0.6) is 0 Å². The van der Waals surface area contributed by atoms with Crippen molar-refractivity contribution < 1.29 is 9.22 Å². The number of hydrogen-bond donors (Lipinski definition) is 0. The Kier molecular flexibility index (Phi) is 9.61. The first-order chi connectivity index (χ1) is 13.2. The van der Waals surface area contributed by atoms with E-state index < -0.39 is 8.32 Å². The molecule has 0 aromatic carbocycles. The molecule has 0 bridgehead atoms. The summed E-state index contributed by atoms with van der Waals surface area (Å²) in [6, 6.07) is 0. The molecule has 168 valence electrons. The van der Waals surface area contributed by atoms with Gasteiger partial charge in [0.05, 0.1) is 6.10 Å². The summed E-state index contributed by atoms with van der Waals surface area (Å²) in [5.41, 5.74) is 1.25. The molecule has 0 radical (unpaired) electrons. The lowest BCUT2D eigenvalue weighted by Gasteiger charge is -2.46. The third-order valence-corrected chi connectivity index (χ3v) is 12.0. The smallest absolute Gasteiger partial charge is 0.192 e. The molecule has 0 N–H and O–H groups in total. The zero-order chi connectivity index (χ0) is 22.6. The highest BCUT2D eigenvalue weighted by Gasteiger charge is 2.47. The van der Waals surface area contributed by atoms with Gasteiger partial charge in [0.15, 0.2) is 8.32 Å². The van der Waals surface area contributed by atoms with E-state index in [0.717, 1.165) is 25.7 Å². The van der Waals surface area contributed by atoms with Crippen molar-refractivity contribution in [3.05, 3.63) is 24.3 Å². The van der Waals surface area contributed by atoms with Gasteiger partial charge < -0.3 is 4.43 Å². The average molecular weight is 421 g/mol. The lowest BCUT2D eigenvalue weighted by molar-refractivity contribution is -0.135. The van der Waals surface area contributed by atoms with Crippen molar-refractivity contribution in [1.29, 1.82) is 0 Å². The first kappa shape index (κ1) is 26.4. The Morgan fingerprint density at radius 3 is 2.31 bits per heavy atom. The number of carbonyl (C=O) groups excluding carboxylic acids is 1. The van der Waals surface area contributed by atoms with E-state index in [4.69, 9.17) is 4.43 Å². The van der Waals surface area contributed by atoms with Gasteiger partial charge in [-0.3, -0.25) is 4.79 Å². The van der Waals surface area contributed by atoms with Crippen LogP contribution in [0, 0.1) is 29.6 Å². The van der Waals surface area contributed by atoms with Crippen LogP contribution in [-0.4, -0.2) is 20.2 Å². The van der Waals surface area contributed by atoms with E-state index in [9.17, 15) is 4.79 Å². The predicted molar refractivity (Wildman–Crippen MR) is 130 cm³/mol. The van der Waals surface area contributed by atoms with Crippen LogP contribution < -0.4 is 0 Å². The second-order valence-corrected chi connectivity index (χ2v) is 16.1. The maximum absolute atomic E-state index is 13.4. The van der Waals surface area contributed by atoms with Gasteiger partial charge in [0.25, 0.3) is 0 Å². The van der Waals surface area contributed by atoms with Crippen LogP contribution in [0.3, 0.4) is 0 Å². The van der Waals surface area contributed by atoms with Crippen LogP contribution in [0.1, 0.15) is 81.1 Å². The lowest BCUT2D eigenvalue weighted by Crippen LogP contribution is -2.51. The topological polar surface area (TPSA) is 26.3 Å². The van der Waals surface area contributed by atoms with Gasteiger partial charge in [-0.25, -0.2) is 0 Å². The van der Waals surface area contributed by atoms with Crippen LogP contribution in [0.4, 0.5) is 0 Å². The van der Waals surface area contributed by atoms with Crippen molar-refractivity contribution in [3.8, 4) is 0 Å². The van der Waals surface area contributed by atoms with Crippen molar-refractivity contribution in [1.82, 2.24) is 0 Å². The molecule has 1 aliphatic rings. The SMILES string of the molecule is C=CC(C)CC/C=C(\C)[C@H](O[Si](C)(C)C(C)(C)C)[C@H]1C(=O)[C@@H](C)CC[C@@H]1C(C)C. The molecule has 2 nitrogen and oxygen atoms in total. The minimum atomic E-state index is -2.01. The van der Waals surface area contributed by atoms with E-state index in [2.05, 4.69) is 81.1 Å². The Labute approximate surface area is 182 Å². The van der Waals surface area contributed by atoms with E-state index >= 15 is 0 Å². The van der Waals surface area contributed by atoms with Gasteiger partial charge in [-0.1, -0.05) is 60.6 Å². The fourth-order valence-corrected chi connectivity index (χ4v) is 5.50. The Morgan fingerprint density at radius 2 is 1.83 bits per heavy atom. The van der Waals surface area contributed by atoms with Crippen molar-refractivity contribution in [3.63, 3.8) is 0 Å². The summed E-state index contributed by atoms with van der Waals surface area (Å²) in [6.45, 7) is 26.4. The van der Waals surface area contributed by atoms with Crippen LogP contribution >= 0.6 is 0 Å². The molecule has 0 aliphatic heterocycles. The van der Waals surface area contributed by atoms with Crippen molar-refractivity contribution >= 4 is 14.1 Å². The van der Waals surface area contributed by atoms with Gasteiger partial charge >= 0.3 is 0 Å². The zero-order valence-corrected chi connectivity index (χ0v) is 22.0. The second kappa shape index (κ2) is 10.6. The summed E-state index contributed by atoms with van der Waals surface area (Å²) in [7, 11) is -2.01. The quantitative estimate of drug-likeness (QED) is 0.281. The molecule has 3 heteroatoms. The minimum absolute atomic E-state index is 0.0130. The molecule has 0 aromatic heterocycles. The lowest BCUT2D eigenvalue weighted by atomic mass is 9.66. The molecule has 29 heavy (non-hydrogen) atoms. The van der Waals surface area contributed by atoms with Crippen molar-refractivity contribution in [2.45, 2.75) is 105 Å². The van der Waals surface area contributed by atoms with Gasteiger partial charge in [0, 0.05) is 11.8 Å². The number of ketones is 1. The molecule has 0 amide bonds. The van der Waals surface area contributed by atoms with Crippen LogP contribution in [0.15, 0.2) is 24.3 Å². The molecule has 5 atom stereocenters. The standard InChI is InChI=1S/C26H48O2Si/c1-12-19(4)14-13-15-21(6)25(28-29(10,11)26(7,8)9)23-22(18(2)3)17-16-20(5)24(23)27/h12,15,18-20,22-23,25H,1,13-14,16-17H2,2-11H3/b21-15+/t19?,20-,22+,23+,25-/m0/s1. The van der Waals surface area contributed by atoms with E-state index in [1.54, 1.807) is 0 Å². The Hall–Kier alpha value is -0.673. The molecule has 0 heterocycles. The molecule has 1 unspecified atom stereocenters. The van der Waals surface area contributed by atoms with Gasteiger partial charge in [0.2, 0.25) is 0 Å². The maximum atomic E-state index is 13.4. The fraction of sp³-hybridized carbons (Fsp3) is 0.808. The third-order valence-electron chi connectivity index (χ3n) is 7.56. The number of hydrogen-bond acceptors (Lipinski definition) is 2. The fourth-order valence-electron chi connectivity index (χ4n) is 4.18. The first-order valence-electron chi connectivity index (χ1n) is 11.7. The first-order valence-corrected chi connectivity index (χ1v) is 14.6. The molecule has 1 rings (SSSR count). The van der Waals surface area contributed by atoms with Gasteiger partial charge in [0.1, 0.15) is 5.78 Å². The Morgan fingerprint density at radius 1 is 1.24 bits per heavy atom. The summed E-state index contributed by atoms with van der Waals surface area (Å²) in [5.74, 6) is 1.97. The number of carbonyl (C=O) groups is 1. The van der Waals surface area contributed by atoms with Gasteiger partial charge in [-0.05, 0) is 74.1 Å². The van der Waals surface area contributed by atoms with Crippen molar-refractivity contribution in [2.75, 3.05) is 0 Å². The van der Waals surface area contributed by atoms with E-state index in [1.165, 1.54) is 5.57 Å².